The van der Waals surface area contributed by atoms with Gasteiger partial charge in [-0.3, -0.25) is 4.79 Å². The highest BCUT2D eigenvalue weighted by Crippen LogP contribution is 2.18. The molecular formula is C14H22N2O2. The molecule has 4 nitrogen and oxygen atoms in total. The van der Waals surface area contributed by atoms with Gasteiger partial charge >= 0.3 is 0 Å². The van der Waals surface area contributed by atoms with E-state index >= 15 is 0 Å². The smallest absolute Gasteiger partial charge is 0.253 e. The van der Waals surface area contributed by atoms with Gasteiger partial charge in [-0.2, -0.15) is 0 Å². The van der Waals surface area contributed by atoms with Crippen molar-refractivity contribution in [3.05, 3.63) is 29.8 Å². The first-order valence-electron chi connectivity index (χ1n) is 6.18. The quantitative estimate of drug-likeness (QED) is 0.838. The number of benzene rings is 1. The summed E-state index contributed by atoms with van der Waals surface area (Å²) in [6, 6.07) is 6.32. The molecular weight excluding hydrogens is 228 g/mol. The molecule has 18 heavy (non-hydrogen) atoms. The van der Waals surface area contributed by atoms with Crippen LogP contribution in [-0.2, 0) is 0 Å². The molecule has 3 N–H and O–H groups in total. The fourth-order valence-electron chi connectivity index (χ4n) is 1.70. The van der Waals surface area contributed by atoms with Gasteiger partial charge in [-0.1, -0.05) is 13.8 Å². The molecule has 0 spiro atoms. The van der Waals surface area contributed by atoms with Crippen LogP contribution >= 0.6 is 0 Å². The summed E-state index contributed by atoms with van der Waals surface area (Å²) in [6.45, 7) is 7.83. The van der Waals surface area contributed by atoms with E-state index < -0.39 is 0 Å². The lowest BCUT2D eigenvalue weighted by Crippen LogP contribution is -2.41. The molecule has 4 heteroatoms. The van der Waals surface area contributed by atoms with Gasteiger partial charge < -0.3 is 15.7 Å². The van der Waals surface area contributed by atoms with Crippen molar-refractivity contribution in [2.75, 3.05) is 19.6 Å². The Balaban J connectivity index is 2.82. The van der Waals surface area contributed by atoms with Crippen LogP contribution in [0.25, 0.3) is 0 Å². The average molecular weight is 250 g/mol. The number of phenols is 1. The molecule has 0 fully saturated rings. The van der Waals surface area contributed by atoms with Crippen molar-refractivity contribution in [2.45, 2.75) is 20.8 Å². The maximum absolute atomic E-state index is 12.3. The first-order valence-corrected chi connectivity index (χ1v) is 6.18. The largest absolute Gasteiger partial charge is 0.508 e. The number of aromatic hydroxyl groups is 1. The molecule has 0 aliphatic heterocycles. The van der Waals surface area contributed by atoms with Crippen molar-refractivity contribution in [1.82, 2.24) is 4.90 Å². The minimum Gasteiger partial charge on any atom is -0.508 e. The van der Waals surface area contributed by atoms with E-state index in [1.807, 2.05) is 20.8 Å². The third kappa shape index (κ3) is 3.74. The van der Waals surface area contributed by atoms with Crippen LogP contribution < -0.4 is 5.73 Å². The maximum Gasteiger partial charge on any atom is 0.253 e. The van der Waals surface area contributed by atoms with Gasteiger partial charge in [0.2, 0.25) is 0 Å². The Morgan fingerprint density at radius 3 is 2.33 bits per heavy atom. The number of rotatable bonds is 5. The van der Waals surface area contributed by atoms with Crippen LogP contribution in [0.5, 0.6) is 5.75 Å². The highest BCUT2D eigenvalue weighted by molar-refractivity contribution is 5.94. The molecule has 0 saturated heterocycles. The summed E-state index contributed by atoms with van der Waals surface area (Å²) in [5.74, 6) is 0.135. The molecule has 0 aromatic heterocycles. The number of hydrogen-bond acceptors (Lipinski definition) is 3. The van der Waals surface area contributed by atoms with Crippen molar-refractivity contribution < 1.29 is 9.90 Å². The molecule has 1 aromatic rings. The molecule has 0 radical (unpaired) electrons. The molecule has 0 unspecified atom stereocenters. The summed E-state index contributed by atoms with van der Waals surface area (Å²) < 4.78 is 0. The van der Waals surface area contributed by atoms with Gasteiger partial charge in [-0.25, -0.2) is 0 Å². The Labute approximate surface area is 108 Å². The fraction of sp³-hybridized carbons (Fsp3) is 0.500. The number of amides is 1. The molecule has 0 aliphatic carbocycles. The van der Waals surface area contributed by atoms with Crippen molar-refractivity contribution in [3.63, 3.8) is 0 Å². The Kier molecular flexibility index (Phi) is 4.73. The summed E-state index contributed by atoms with van der Waals surface area (Å²) >= 11 is 0. The van der Waals surface area contributed by atoms with E-state index in [1.54, 1.807) is 17.0 Å². The summed E-state index contributed by atoms with van der Waals surface area (Å²) in [7, 11) is 0. The van der Waals surface area contributed by atoms with Gasteiger partial charge in [0.05, 0.1) is 0 Å². The van der Waals surface area contributed by atoms with Crippen LogP contribution in [0.1, 0.15) is 31.1 Å². The van der Waals surface area contributed by atoms with Crippen LogP contribution in [0.4, 0.5) is 0 Å². The van der Waals surface area contributed by atoms with Gasteiger partial charge in [0, 0.05) is 18.7 Å². The lowest BCUT2D eigenvalue weighted by atomic mass is 9.93. The van der Waals surface area contributed by atoms with Gasteiger partial charge in [0.25, 0.3) is 5.91 Å². The van der Waals surface area contributed by atoms with E-state index in [0.717, 1.165) is 0 Å². The van der Waals surface area contributed by atoms with Crippen molar-refractivity contribution >= 4 is 5.91 Å². The average Bonchev–Trinajstić information content (AvgIpc) is 2.36. The second kappa shape index (κ2) is 5.87. The summed E-state index contributed by atoms with van der Waals surface area (Å²) in [4.78, 5) is 14.1. The lowest BCUT2D eigenvalue weighted by molar-refractivity contribution is 0.0701. The van der Waals surface area contributed by atoms with Gasteiger partial charge in [-0.15, -0.1) is 0 Å². The van der Waals surface area contributed by atoms with Crippen LogP contribution in [0.3, 0.4) is 0 Å². The number of carbonyl (C=O) groups is 1. The molecule has 0 saturated carbocycles. The second-order valence-electron chi connectivity index (χ2n) is 5.23. The summed E-state index contributed by atoms with van der Waals surface area (Å²) in [6.07, 6.45) is 0. The van der Waals surface area contributed by atoms with E-state index in [9.17, 15) is 9.90 Å². The summed E-state index contributed by atoms with van der Waals surface area (Å²) in [5.41, 5.74) is 6.19. The van der Waals surface area contributed by atoms with Crippen LogP contribution in [0.2, 0.25) is 0 Å². The third-order valence-electron chi connectivity index (χ3n) is 2.95. The maximum atomic E-state index is 12.3. The number of nitrogens with two attached hydrogens (primary N) is 1. The monoisotopic (exact) mass is 250 g/mol. The number of carbonyl (C=O) groups excluding carboxylic acids is 1. The SMILES string of the molecule is CCN(CC(C)(C)CN)C(=O)c1ccc(O)cc1. The van der Waals surface area contributed by atoms with E-state index in [4.69, 9.17) is 5.73 Å². The molecule has 1 rings (SSSR count). The van der Waals surface area contributed by atoms with Crippen LogP contribution in [0, 0.1) is 5.41 Å². The highest BCUT2D eigenvalue weighted by atomic mass is 16.3. The highest BCUT2D eigenvalue weighted by Gasteiger charge is 2.23. The second-order valence-corrected chi connectivity index (χ2v) is 5.23. The van der Waals surface area contributed by atoms with Gasteiger partial charge in [-0.05, 0) is 43.1 Å². The molecule has 100 valence electrons. The number of hydrogen-bond donors (Lipinski definition) is 2. The normalized spacial score (nSPS) is 11.3. The predicted octanol–water partition coefficient (Wildman–Crippen LogP) is 1.84. The zero-order valence-corrected chi connectivity index (χ0v) is 11.3. The first-order chi connectivity index (χ1) is 8.39. The lowest BCUT2D eigenvalue weighted by Gasteiger charge is -2.31. The van der Waals surface area contributed by atoms with E-state index in [-0.39, 0.29) is 17.1 Å². The Morgan fingerprint density at radius 2 is 1.89 bits per heavy atom. The zero-order chi connectivity index (χ0) is 13.8. The van der Waals surface area contributed by atoms with Crippen LogP contribution in [-0.4, -0.2) is 35.5 Å². The van der Waals surface area contributed by atoms with E-state index in [1.165, 1.54) is 12.1 Å². The molecule has 0 aliphatic rings. The van der Waals surface area contributed by atoms with Crippen molar-refractivity contribution in [3.8, 4) is 5.75 Å². The molecule has 0 bridgehead atoms. The van der Waals surface area contributed by atoms with E-state index in [2.05, 4.69) is 0 Å². The number of phenolic OH excluding ortho intramolecular Hbond substituents is 1. The molecule has 1 amide bonds. The topological polar surface area (TPSA) is 66.6 Å². The zero-order valence-electron chi connectivity index (χ0n) is 11.3. The van der Waals surface area contributed by atoms with Gasteiger partial charge in [0.15, 0.2) is 0 Å². The molecule has 0 atom stereocenters. The van der Waals surface area contributed by atoms with Crippen LogP contribution in [0.15, 0.2) is 24.3 Å². The minimum absolute atomic E-state index is 0.0287. The summed E-state index contributed by atoms with van der Waals surface area (Å²) in [5, 5.41) is 9.22. The minimum atomic E-state index is -0.0947. The molecule has 1 aromatic carbocycles. The Bertz CT molecular complexity index is 399. The van der Waals surface area contributed by atoms with E-state index in [0.29, 0.717) is 25.2 Å². The standard InChI is InChI=1S/C14H22N2O2/c1-4-16(10-14(2,3)9-15)13(18)11-5-7-12(17)8-6-11/h5-8,17H,4,9-10,15H2,1-3H3. The first kappa shape index (κ1) is 14.5. The Hall–Kier alpha value is -1.55. The number of nitrogens with zero attached hydrogens (tertiary/aromatic N) is 1. The third-order valence-corrected chi connectivity index (χ3v) is 2.95. The van der Waals surface area contributed by atoms with Gasteiger partial charge in [0.1, 0.15) is 5.75 Å². The van der Waals surface area contributed by atoms with Crippen molar-refractivity contribution in [2.24, 2.45) is 11.1 Å². The predicted molar refractivity (Wildman–Crippen MR) is 72.5 cm³/mol. The fourth-order valence-corrected chi connectivity index (χ4v) is 1.70. The van der Waals surface area contributed by atoms with Crippen molar-refractivity contribution in [1.29, 1.82) is 0 Å². The molecule has 0 heterocycles. The Morgan fingerprint density at radius 1 is 1.33 bits per heavy atom.